The van der Waals surface area contributed by atoms with Crippen LogP contribution in [0.5, 0.6) is 0 Å². The van der Waals surface area contributed by atoms with Crippen molar-refractivity contribution in [2.75, 3.05) is 13.2 Å². The van der Waals surface area contributed by atoms with E-state index in [1.54, 1.807) is 0 Å². The van der Waals surface area contributed by atoms with Gasteiger partial charge < -0.3 is 14.2 Å². The molecule has 0 aliphatic rings. The zero-order valence-electron chi connectivity index (χ0n) is 54.1. The fraction of sp³-hybridized carbons (Fsp3) is 0.878. The van der Waals surface area contributed by atoms with Crippen molar-refractivity contribution in [3.63, 3.8) is 0 Å². The molecule has 0 heterocycles. The first kappa shape index (κ1) is 77.6. The SMILES string of the molecule is CC/C=C\C/C=C\C/C=C\CCCCCCCC(=O)OC(COC(=O)CCCCCCCCCCCCCC)COC(=O)CCCCCCCCCCCCCCCCCCCCCCCCCCCCCCCCCCCCC. The minimum Gasteiger partial charge on any atom is -0.462 e. The molecule has 0 aliphatic heterocycles. The summed E-state index contributed by atoms with van der Waals surface area (Å²) in [6.45, 7) is 6.58. The third-order valence-corrected chi connectivity index (χ3v) is 16.4. The number of carbonyl (C=O) groups excluding carboxylic acids is 3. The van der Waals surface area contributed by atoms with Crippen molar-refractivity contribution in [2.45, 2.75) is 406 Å². The van der Waals surface area contributed by atoms with Gasteiger partial charge in [-0.15, -0.1) is 0 Å². The number of hydrogen-bond donors (Lipinski definition) is 0. The van der Waals surface area contributed by atoms with E-state index in [0.29, 0.717) is 19.3 Å². The van der Waals surface area contributed by atoms with E-state index in [4.69, 9.17) is 14.2 Å². The van der Waals surface area contributed by atoms with Crippen LogP contribution in [-0.4, -0.2) is 37.2 Å². The molecular weight excluding hydrogens is 985 g/mol. The van der Waals surface area contributed by atoms with Gasteiger partial charge in [0, 0.05) is 19.3 Å². The minimum atomic E-state index is -0.778. The Morgan fingerprint density at radius 3 is 0.762 bits per heavy atom. The fourth-order valence-corrected chi connectivity index (χ4v) is 11.1. The van der Waals surface area contributed by atoms with E-state index in [2.05, 4.69) is 57.2 Å². The molecule has 0 aromatic carbocycles. The lowest BCUT2D eigenvalue weighted by atomic mass is 10.0. The van der Waals surface area contributed by atoms with Gasteiger partial charge in [-0.25, -0.2) is 0 Å². The van der Waals surface area contributed by atoms with E-state index in [0.717, 1.165) is 96.3 Å². The molecule has 1 atom stereocenters. The van der Waals surface area contributed by atoms with Crippen LogP contribution in [0.25, 0.3) is 0 Å². The summed E-state index contributed by atoms with van der Waals surface area (Å²) < 4.78 is 16.9. The molecule has 80 heavy (non-hydrogen) atoms. The van der Waals surface area contributed by atoms with Crippen molar-refractivity contribution in [3.05, 3.63) is 36.5 Å². The molecule has 1 unspecified atom stereocenters. The first-order valence-corrected chi connectivity index (χ1v) is 36.0. The highest BCUT2D eigenvalue weighted by molar-refractivity contribution is 5.71. The van der Waals surface area contributed by atoms with E-state index < -0.39 is 6.10 Å². The van der Waals surface area contributed by atoms with Crippen LogP contribution in [0.2, 0.25) is 0 Å². The smallest absolute Gasteiger partial charge is 0.306 e. The highest BCUT2D eigenvalue weighted by Gasteiger charge is 2.19. The second-order valence-electron chi connectivity index (χ2n) is 24.5. The number of unbranched alkanes of at least 4 members (excludes halogenated alkanes) is 50. The van der Waals surface area contributed by atoms with Crippen molar-refractivity contribution in [2.24, 2.45) is 0 Å². The molecule has 0 saturated carbocycles. The van der Waals surface area contributed by atoms with Crippen LogP contribution in [0.3, 0.4) is 0 Å². The van der Waals surface area contributed by atoms with Gasteiger partial charge in [-0.1, -0.05) is 365 Å². The van der Waals surface area contributed by atoms with E-state index in [9.17, 15) is 14.4 Å². The van der Waals surface area contributed by atoms with E-state index in [1.165, 1.54) is 263 Å². The molecule has 6 heteroatoms. The molecule has 6 nitrogen and oxygen atoms in total. The lowest BCUT2D eigenvalue weighted by Crippen LogP contribution is -2.30. The Bertz CT molecular complexity index is 1340. The number of hydrogen-bond acceptors (Lipinski definition) is 6. The van der Waals surface area contributed by atoms with Crippen LogP contribution in [0, 0.1) is 0 Å². The molecular formula is C74H138O6. The number of allylic oxidation sites excluding steroid dienone is 6. The van der Waals surface area contributed by atoms with Crippen LogP contribution >= 0.6 is 0 Å². The highest BCUT2D eigenvalue weighted by atomic mass is 16.6. The number of ether oxygens (including phenoxy) is 3. The molecule has 0 N–H and O–H groups in total. The fourth-order valence-electron chi connectivity index (χ4n) is 11.1. The van der Waals surface area contributed by atoms with Gasteiger partial charge >= 0.3 is 17.9 Å². The second-order valence-corrected chi connectivity index (χ2v) is 24.5. The Balaban J connectivity index is 4.01. The lowest BCUT2D eigenvalue weighted by molar-refractivity contribution is -0.167. The molecule has 0 aromatic heterocycles. The first-order chi connectivity index (χ1) is 39.5. The highest BCUT2D eigenvalue weighted by Crippen LogP contribution is 2.19. The maximum absolute atomic E-state index is 12.9. The van der Waals surface area contributed by atoms with Crippen LogP contribution in [-0.2, 0) is 28.6 Å². The molecule has 0 aliphatic carbocycles. The quantitative estimate of drug-likeness (QED) is 0.0261. The maximum atomic E-state index is 12.9. The summed E-state index contributed by atoms with van der Waals surface area (Å²) >= 11 is 0. The van der Waals surface area contributed by atoms with Gasteiger partial charge in [-0.2, -0.15) is 0 Å². The van der Waals surface area contributed by atoms with Gasteiger partial charge in [0.25, 0.3) is 0 Å². The van der Waals surface area contributed by atoms with Gasteiger partial charge in [0.15, 0.2) is 6.10 Å². The molecule has 0 fully saturated rings. The van der Waals surface area contributed by atoms with E-state index in [1.807, 2.05) is 0 Å². The Labute approximate surface area is 499 Å². The first-order valence-electron chi connectivity index (χ1n) is 36.0. The summed E-state index contributed by atoms with van der Waals surface area (Å²) in [6.07, 6.45) is 86.4. The summed E-state index contributed by atoms with van der Waals surface area (Å²) in [5.74, 6) is -0.866. The van der Waals surface area contributed by atoms with Crippen LogP contribution in [0.1, 0.15) is 400 Å². The zero-order chi connectivity index (χ0) is 57.8. The largest absolute Gasteiger partial charge is 0.462 e. The third kappa shape index (κ3) is 66.4. The van der Waals surface area contributed by atoms with Crippen molar-refractivity contribution in [3.8, 4) is 0 Å². The molecule has 0 rings (SSSR count). The van der Waals surface area contributed by atoms with Gasteiger partial charge in [-0.3, -0.25) is 14.4 Å². The van der Waals surface area contributed by atoms with Crippen LogP contribution < -0.4 is 0 Å². The number of rotatable bonds is 67. The van der Waals surface area contributed by atoms with Gasteiger partial charge in [0.1, 0.15) is 13.2 Å². The normalized spacial score (nSPS) is 12.2. The predicted octanol–water partition coefficient (Wildman–Crippen LogP) is 24.7. The number of carbonyl (C=O) groups is 3. The van der Waals surface area contributed by atoms with Crippen molar-refractivity contribution < 1.29 is 28.6 Å². The molecule has 0 amide bonds. The van der Waals surface area contributed by atoms with Crippen molar-refractivity contribution >= 4 is 17.9 Å². The Hall–Kier alpha value is -2.37. The third-order valence-electron chi connectivity index (χ3n) is 16.4. The summed E-state index contributed by atoms with van der Waals surface area (Å²) in [7, 11) is 0. The lowest BCUT2D eigenvalue weighted by Gasteiger charge is -2.18. The summed E-state index contributed by atoms with van der Waals surface area (Å²) in [6, 6.07) is 0. The molecule has 0 bridgehead atoms. The van der Waals surface area contributed by atoms with Crippen LogP contribution in [0.4, 0.5) is 0 Å². The van der Waals surface area contributed by atoms with E-state index in [-0.39, 0.29) is 31.1 Å². The Morgan fingerprint density at radius 2 is 0.487 bits per heavy atom. The standard InChI is InChI=1S/C74H138O6/c1-4-7-10-13-16-19-22-25-27-28-29-30-31-32-33-34-35-36-37-38-39-40-41-42-43-44-45-46-48-49-52-55-58-61-64-67-73(76)79-70-71(69-78-72(75)66-63-60-57-54-51-24-21-18-15-12-9-6-3)80-74(77)68-65-62-59-56-53-50-47-26-23-20-17-14-11-8-5-2/h8,11,17,20,26,47,71H,4-7,9-10,12-16,18-19,21-25,27-46,48-70H2,1-3H3/b11-8-,20-17-,47-26-. The van der Waals surface area contributed by atoms with Crippen LogP contribution in [0.15, 0.2) is 36.5 Å². The average Bonchev–Trinajstić information content (AvgIpc) is 3.46. The average molecular weight is 1120 g/mol. The van der Waals surface area contributed by atoms with Gasteiger partial charge in [0.05, 0.1) is 0 Å². The van der Waals surface area contributed by atoms with Crippen molar-refractivity contribution in [1.82, 2.24) is 0 Å². The molecule has 470 valence electrons. The van der Waals surface area contributed by atoms with Crippen molar-refractivity contribution in [1.29, 1.82) is 0 Å². The number of esters is 3. The Kier molecular flexibility index (Phi) is 67.1. The summed E-state index contributed by atoms with van der Waals surface area (Å²) in [5.41, 5.74) is 0. The molecule has 0 spiro atoms. The second kappa shape index (κ2) is 69.1. The monoisotopic (exact) mass is 1120 g/mol. The predicted molar refractivity (Wildman–Crippen MR) is 349 cm³/mol. The topological polar surface area (TPSA) is 78.9 Å². The molecule has 0 radical (unpaired) electrons. The summed E-state index contributed by atoms with van der Waals surface area (Å²) in [4.78, 5) is 38.3. The molecule has 0 saturated heterocycles. The minimum absolute atomic E-state index is 0.0741. The maximum Gasteiger partial charge on any atom is 0.306 e. The Morgan fingerprint density at radius 1 is 0.263 bits per heavy atom. The van der Waals surface area contributed by atoms with Gasteiger partial charge in [-0.05, 0) is 51.4 Å². The zero-order valence-corrected chi connectivity index (χ0v) is 54.1. The van der Waals surface area contributed by atoms with E-state index >= 15 is 0 Å². The molecule has 0 aromatic rings. The van der Waals surface area contributed by atoms with Gasteiger partial charge in [0.2, 0.25) is 0 Å². The summed E-state index contributed by atoms with van der Waals surface area (Å²) in [5, 5.41) is 0.